The van der Waals surface area contributed by atoms with Crippen LogP contribution in [-0.2, 0) is 13.1 Å². The Morgan fingerprint density at radius 3 is 2.35 bits per heavy atom. The lowest BCUT2D eigenvalue weighted by Gasteiger charge is -2.34. The third kappa shape index (κ3) is 4.32. The molecular formula is C20H23N3OS2. The molecule has 26 heavy (non-hydrogen) atoms. The fraction of sp³-hybridized carbons (Fsp3) is 0.350. The molecule has 0 aliphatic carbocycles. The normalized spacial score (nSPS) is 16.0. The molecule has 0 amide bonds. The first kappa shape index (κ1) is 17.7. The van der Waals surface area contributed by atoms with Gasteiger partial charge in [0.05, 0.1) is 12.8 Å². The molecule has 1 saturated heterocycles. The van der Waals surface area contributed by atoms with Crippen molar-refractivity contribution >= 4 is 22.7 Å². The Balaban J connectivity index is 1.30. The number of piperazine rings is 1. The Labute approximate surface area is 162 Å². The molecule has 6 heteroatoms. The minimum Gasteiger partial charge on any atom is -0.497 e. The summed E-state index contributed by atoms with van der Waals surface area (Å²) < 4.78 is 5.23. The molecule has 3 aromatic rings. The SMILES string of the molecule is COc1ccc(-c2nc(CN3CCN(Cc4cccs4)CC3)cs2)cc1. The molecule has 0 N–H and O–H groups in total. The summed E-state index contributed by atoms with van der Waals surface area (Å²) >= 11 is 3.57. The first-order valence-electron chi connectivity index (χ1n) is 8.86. The summed E-state index contributed by atoms with van der Waals surface area (Å²) in [7, 11) is 1.69. The molecule has 136 valence electrons. The molecule has 1 aliphatic rings. The number of nitrogens with zero attached hydrogens (tertiary/aromatic N) is 3. The molecular weight excluding hydrogens is 362 g/mol. The van der Waals surface area contributed by atoms with Crippen molar-refractivity contribution in [2.75, 3.05) is 33.3 Å². The molecule has 2 aromatic heterocycles. The third-order valence-electron chi connectivity index (χ3n) is 4.70. The Kier molecular flexibility index (Phi) is 5.65. The van der Waals surface area contributed by atoms with Gasteiger partial charge in [0.2, 0.25) is 0 Å². The van der Waals surface area contributed by atoms with Gasteiger partial charge in [-0.25, -0.2) is 4.98 Å². The van der Waals surface area contributed by atoms with E-state index in [9.17, 15) is 0 Å². The number of thiophene rings is 1. The van der Waals surface area contributed by atoms with Crippen LogP contribution in [0.2, 0.25) is 0 Å². The fourth-order valence-electron chi connectivity index (χ4n) is 3.20. The van der Waals surface area contributed by atoms with Gasteiger partial charge in [0.25, 0.3) is 0 Å². The van der Waals surface area contributed by atoms with Gasteiger partial charge in [0, 0.05) is 55.1 Å². The van der Waals surface area contributed by atoms with E-state index in [4.69, 9.17) is 9.72 Å². The smallest absolute Gasteiger partial charge is 0.123 e. The highest BCUT2D eigenvalue weighted by Crippen LogP contribution is 2.26. The van der Waals surface area contributed by atoms with Crippen molar-refractivity contribution in [3.8, 4) is 16.3 Å². The molecule has 3 heterocycles. The maximum Gasteiger partial charge on any atom is 0.123 e. The Bertz CT molecular complexity index is 806. The summed E-state index contributed by atoms with van der Waals surface area (Å²) in [5.74, 6) is 0.881. The summed E-state index contributed by atoms with van der Waals surface area (Å²) in [5.41, 5.74) is 2.33. The highest BCUT2D eigenvalue weighted by Gasteiger charge is 2.18. The van der Waals surface area contributed by atoms with E-state index in [1.807, 2.05) is 23.5 Å². The minimum absolute atomic E-state index is 0.881. The molecule has 1 aliphatic heterocycles. The average molecular weight is 386 g/mol. The van der Waals surface area contributed by atoms with Gasteiger partial charge in [-0.3, -0.25) is 9.80 Å². The van der Waals surface area contributed by atoms with Crippen LogP contribution in [0.4, 0.5) is 0 Å². The fourth-order valence-corrected chi connectivity index (χ4v) is 4.77. The van der Waals surface area contributed by atoms with E-state index in [-0.39, 0.29) is 0 Å². The van der Waals surface area contributed by atoms with Gasteiger partial charge in [-0.15, -0.1) is 22.7 Å². The summed E-state index contributed by atoms with van der Waals surface area (Å²) in [6.45, 7) is 6.52. The molecule has 1 fully saturated rings. The average Bonchev–Trinajstić information content (AvgIpc) is 3.36. The van der Waals surface area contributed by atoms with Crippen molar-refractivity contribution in [2.45, 2.75) is 13.1 Å². The number of ether oxygens (including phenoxy) is 1. The van der Waals surface area contributed by atoms with Crippen molar-refractivity contribution in [3.63, 3.8) is 0 Å². The second-order valence-corrected chi connectivity index (χ2v) is 8.39. The van der Waals surface area contributed by atoms with Crippen LogP contribution in [0, 0.1) is 0 Å². The lowest BCUT2D eigenvalue weighted by molar-refractivity contribution is 0.122. The van der Waals surface area contributed by atoms with Crippen LogP contribution < -0.4 is 4.74 Å². The summed E-state index contributed by atoms with van der Waals surface area (Å²) in [4.78, 5) is 11.4. The van der Waals surface area contributed by atoms with E-state index in [2.05, 4.69) is 44.8 Å². The van der Waals surface area contributed by atoms with Crippen molar-refractivity contribution < 1.29 is 4.74 Å². The number of hydrogen-bond acceptors (Lipinski definition) is 6. The van der Waals surface area contributed by atoms with E-state index >= 15 is 0 Å². The van der Waals surface area contributed by atoms with Crippen molar-refractivity contribution in [1.82, 2.24) is 14.8 Å². The van der Waals surface area contributed by atoms with Crippen LogP contribution in [0.15, 0.2) is 47.2 Å². The highest BCUT2D eigenvalue weighted by molar-refractivity contribution is 7.13. The van der Waals surface area contributed by atoms with Crippen LogP contribution in [-0.4, -0.2) is 48.1 Å². The second-order valence-electron chi connectivity index (χ2n) is 6.50. The lowest BCUT2D eigenvalue weighted by atomic mass is 10.2. The number of rotatable bonds is 6. The van der Waals surface area contributed by atoms with Crippen molar-refractivity contribution in [3.05, 3.63) is 57.7 Å². The maximum atomic E-state index is 5.23. The largest absolute Gasteiger partial charge is 0.497 e. The van der Waals surface area contributed by atoms with Gasteiger partial charge in [-0.2, -0.15) is 0 Å². The molecule has 0 saturated carbocycles. The lowest BCUT2D eigenvalue weighted by Crippen LogP contribution is -2.45. The van der Waals surface area contributed by atoms with Gasteiger partial charge in [0.15, 0.2) is 0 Å². The molecule has 0 spiro atoms. The van der Waals surface area contributed by atoms with E-state index < -0.39 is 0 Å². The molecule has 0 bridgehead atoms. The van der Waals surface area contributed by atoms with Crippen molar-refractivity contribution in [2.24, 2.45) is 0 Å². The van der Waals surface area contributed by atoms with Crippen LogP contribution >= 0.6 is 22.7 Å². The number of benzene rings is 1. The number of aromatic nitrogens is 1. The van der Waals surface area contributed by atoms with E-state index in [0.717, 1.165) is 55.6 Å². The molecule has 0 radical (unpaired) electrons. The quantitative estimate of drug-likeness (QED) is 0.636. The predicted octanol–water partition coefficient (Wildman–Crippen LogP) is 4.20. The molecule has 4 nitrogen and oxygen atoms in total. The number of thiazole rings is 1. The van der Waals surface area contributed by atoms with Gasteiger partial charge in [0.1, 0.15) is 10.8 Å². The van der Waals surface area contributed by atoms with E-state index in [1.165, 1.54) is 10.6 Å². The zero-order chi connectivity index (χ0) is 17.8. The minimum atomic E-state index is 0.881. The Morgan fingerprint density at radius 2 is 1.69 bits per heavy atom. The van der Waals surface area contributed by atoms with Crippen LogP contribution in [0.1, 0.15) is 10.6 Å². The topological polar surface area (TPSA) is 28.6 Å². The Morgan fingerprint density at radius 1 is 0.962 bits per heavy atom. The standard InChI is InChI=1S/C20H23N3OS2/c1-24-18-6-4-16(5-7-18)20-21-17(15-26-20)13-22-8-10-23(11-9-22)14-19-3-2-12-25-19/h2-7,12,15H,8-11,13-14H2,1H3. The van der Waals surface area contributed by atoms with Gasteiger partial charge >= 0.3 is 0 Å². The van der Waals surface area contributed by atoms with Crippen LogP contribution in [0.5, 0.6) is 5.75 Å². The van der Waals surface area contributed by atoms with Crippen LogP contribution in [0.3, 0.4) is 0 Å². The second kappa shape index (κ2) is 8.31. The Hall–Kier alpha value is -1.73. The van der Waals surface area contributed by atoms with E-state index in [1.54, 1.807) is 18.4 Å². The van der Waals surface area contributed by atoms with Gasteiger partial charge < -0.3 is 4.74 Å². The summed E-state index contributed by atoms with van der Waals surface area (Å²) in [6, 6.07) is 12.5. The first-order chi connectivity index (χ1) is 12.8. The number of methoxy groups -OCH3 is 1. The van der Waals surface area contributed by atoms with Gasteiger partial charge in [-0.05, 0) is 35.7 Å². The van der Waals surface area contributed by atoms with Crippen LogP contribution in [0.25, 0.3) is 10.6 Å². The predicted molar refractivity (Wildman–Crippen MR) is 109 cm³/mol. The summed E-state index contributed by atoms with van der Waals surface area (Å²) in [5, 5.41) is 5.44. The maximum absolute atomic E-state index is 5.23. The molecule has 0 unspecified atom stereocenters. The molecule has 1 aromatic carbocycles. The first-order valence-corrected chi connectivity index (χ1v) is 10.6. The molecule has 0 atom stereocenters. The van der Waals surface area contributed by atoms with Crippen molar-refractivity contribution in [1.29, 1.82) is 0 Å². The monoisotopic (exact) mass is 385 g/mol. The molecule has 4 rings (SSSR count). The summed E-state index contributed by atoms with van der Waals surface area (Å²) in [6.07, 6.45) is 0. The third-order valence-corrected chi connectivity index (χ3v) is 6.50. The number of hydrogen-bond donors (Lipinski definition) is 0. The van der Waals surface area contributed by atoms with E-state index in [0.29, 0.717) is 0 Å². The zero-order valence-electron chi connectivity index (χ0n) is 14.9. The zero-order valence-corrected chi connectivity index (χ0v) is 16.6. The highest BCUT2D eigenvalue weighted by atomic mass is 32.1. The van der Waals surface area contributed by atoms with Gasteiger partial charge in [-0.1, -0.05) is 6.07 Å².